The Bertz CT molecular complexity index is 837. The first-order chi connectivity index (χ1) is 12.2. The Morgan fingerprint density at radius 1 is 1.23 bits per heavy atom. The van der Waals surface area contributed by atoms with Gasteiger partial charge in [0.25, 0.3) is 0 Å². The molecule has 1 atom stereocenters. The van der Waals surface area contributed by atoms with Crippen molar-refractivity contribution in [1.29, 1.82) is 0 Å². The van der Waals surface area contributed by atoms with E-state index in [9.17, 15) is 8.94 Å². The number of hydrogen-bond acceptors (Lipinski definition) is 2. The summed E-state index contributed by atoms with van der Waals surface area (Å²) in [4.78, 5) is 0.685. The standard InChI is InChI=1S/C22H26FNOS/c1-7-16(8-2)18-13-12-17(14-20(18)23)19-11-9-10-15(3)21(19)26(25)24-22(4,5)6/h7-14,24H,1H2,2-6H3/b16-8+. The first-order valence-electron chi connectivity index (χ1n) is 8.56. The van der Waals surface area contributed by atoms with Crippen molar-refractivity contribution in [1.82, 2.24) is 4.72 Å². The van der Waals surface area contributed by atoms with Crippen molar-refractivity contribution in [3.63, 3.8) is 0 Å². The number of rotatable bonds is 5. The number of halogens is 1. The molecule has 0 radical (unpaired) electrons. The number of hydrogen-bond donors (Lipinski definition) is 1. The van der Waals surface area contributed by atoms with Crippen LogP contribution >= 0.6 is 0 Å². The van der Waals surface area contributed by atoms with Gasteiger partial charge in [-0.2, -0.15) is 0 Å². The lowest BCUT2D eigenvalue weighted by Crippen LogP contribution is -2.40. The molecule has 138 valence electrons. The average Bonchev–Trinajstić information content (AvgIpc) is 2.55. The molecule has 0 saturated carbocycles. The zero-order chi connectivity index (χ0) is 19.5. The summed E-state index contributed by atoms with van der Waals surface area (Å²) in [5.41, 5.74) is 3.33. The third-order valence-corrected chi connectivity index (χ3v) is 5.63. The molecular formula is C22H26FNOS. The molecule has 0 saturated heterocycles. The van der Waals surface area contributed by atoms with Gasteiger partial charge in [0, 0.05) is 16.7 Å². The quantitative estimate of drug-likeness (QED) is 0.532. The van der Waals surface area contributed by atoms with Crippen LogP contribution in [-0.4, -0.2) is 10.1 Å². The molecule has 0 spiro atoms. The fourth-order valence-electron chi connectivity index (χ4n) is 2.76. The Kier molecular flexibility index (Phi) is 6.45. The predicted molar refractivity (Wildman–Crippen MR) is 110 cm³/mol. The summed E-state index contributed by atoms with van der Waals surface area (Å²) in [6.45, 7) is 13.4. The van der Waals surface area contributed by atoms with Gasteiger partial charge in [-0.3, -0.25) is 0 Å². The maximum absolute atomic E-state index is 14.7. The largest absolute Gasteiger partial charge is 0.593 e. The Morgan fingerprint density at radius 3 is 2.46 bits per heavy atom. The summed E-state index contributed by atoms with van der Waals surface area (Å²) < 4.78 is 30.7. The van der Waals surface area contributed by atoms with E-state index in [0.29, 0.717) is 16.0 Å². The van der Waals surface area contributed by atoms with Crippen LogP contribution in [0.2, 0.25) is 0 Å². The fourth-order valence-corrected chi connectivity index (χ4v) is 4.16. The highest BCUT2D eigenvalue weighted by molar-refractivity contribution is 7.89. The van der Waals surface area contributed by atoms with Crippen LogP contribution in [-0.2, 0) is 11.4 Å². The maximum Gasteiger partial charge on any atom is 0.184 e. The predicted octanol–water partition coefficient (Wildman–Crippen LogP) is 5.80. The lowest BCUT2D eigenvalue weighted by Gasteiger charge is -2.24. The van der Waals surface area contributed by atoms with Crippen LogP contribution in [0.1, 0.15) is 38.8 Å². The van der Waals surface area contributed by atoms with E-state index in [0.717, 1.165) is 16.7 Å². The van der Waals surface area contributed by atoms with Crippen molar-refractivity contribution < 1.29 is 8.94 Å². The van der Waals surface area contributed by atoms with Gasteiger partial charge in [-0.1, -0.05) is 43.0 Å². The molecule has 4 heteroatoms. The Hall–Kier alpha value is -1.88. The van der Waals surface area contributed by atoms with Gasteiger partial charge in [0.2, 0.25) is 0 Å². The molecule has 0 aliphatic heterocycles. The zero-order valence-electron chi connectivity index (χ0n) is 16.0. The van der Waals surface area contributed by atoms with E-state index in [4.69, 9.17) is 0 Å². The van der Waals surface area contributed by atoms with Crippen LogP contribution in [0.25, 0.3) is 16.7 Å². The number of aryl methyl sites for hydroxylation is 1. The van der Waals surface area contributed by atoms with Crippen molar-refractivity contribution in [2.24, 2.45) is 0 Å². The van der Waals surface area contributed by atoms with Gasteiger partial charge in [-0.05, 0) is 57.9 Å². The molecule has 26 heavy (non-hydrogen) atoms. The fraction of sp³-hybridized carbons (Fsp3) is 0.273. The Balaban J connectivity index is 2.55. The second-order valence-electron chi connectivity index (χ2n) is 7.22. The molecule has 0 aromatic heterocycles. The summed E-state index contributed by atoms with van der Waals surface area (Å²) in [5, 5.41) is 0. The molecule has 2 rings (SSSR count). The van der Waals surface area contributed by atoms with Crippen LogP contribution in [0.15, 0.2) is 60.0 Å². The van der Waals surface area contributed by atoms with Gasteiger partial charge in [-0.15, -0.1) is 4.72 Å². The van der Waals surface area contributed by atoms with E-state index in [1.165, 1.54) is 6.07 Å². The highest BCUT2D eigenvalue weighted by Gasteiger charge is 2.26. The van der Waals surface area contributed by atoms with Crippen LogP contribution in [0.4, 0.5) is 4.39 Å². The number of nitrogens with one attached hydrogen (secondary N) is 1. The Morgan fingerprint density at radius 2 is 1.92 bits per heavy atom. The topological polar surface area (TPSA) is 35.1 Å². The van der Waals surface area contributed by atoms with Crippen molar-refractivity contribution in [3.05, 3.63) is 72.1 Å². The van der Waals surface area contributed by atoms with Crippen LogP contribution in [0.5, 0.6) is 0 Å². The van der Waals surface area contributed by atoms with Gasteiger partial charge in [0.15, 0.2) is 4.90 Å². The van der Waals surface area contributed by atoms with Gasteiger partial charge in [0.05, 0.1) is 16.9 Å². The number of allylic oxidation sites excluding steroid dienone is 3. The normalized spacial score (nSPS) is 13.6. The van der Waals surface area contributed by atoms with E-state index < -0.39 is 11.4 Å². The summed E-state index contributed by atoms with van der Waals surface area (Å²) in [7, 11) is 0. The molecular weight excluding hydrogens is 345 g/mol. The molecule has 0 aliphatic carbocycles. The van der Waals surface area contributed by atoms with Gasteiger partial charge >= 0.3 is 0 Å². The lowest BCUT2D eigenvalue weighted by atomic mass is 9.98. The second-order valence-corrected chi connectivity index (χ2v) is 8.36. The summed E-state index contributed by atoms with van der Waals surface area (Å²) >= 11 is -1.40. The monoisotopic (exact) mass is 371 g/mol. The first-order valence-corrected chi connectivity index (χ1v) is 9.71. The van der Waals surface area contributed by atoms with Gasteiger partial charge < -0.3 is 4.55 Å². The third kappa shape index (κ3) is 4.64. The maximum atomic E-state index is 14.7. The molecule has 2 aromatic carbocycles. The molecule has 0 amide bonds. The highest BCUT2D eigenvalue weighted by Crippen LogP contribution is 2.32. The van der Waals surface area contributed by atoms with Crippen molar-refractivity contribution in [3.8, 4) is 11.1 Å². The molecule has 0 heterocycles. The van der Waals surface area contributed by atoms with Crippen LogP contribution in [0, 0.1) is 12.7 Å². The Labute approximate surface area is 159 Å². The van der Waals surface area contributed by atoms with Crippen molar-refractivity contribution in [2.45, 2.75) is 45.1 Å². The van der Waals surface area contributed by atoms with E-state index in [-0.39, 0.29) is 11.4 Å². The van der Waals surface area contributed by atoms with E-state index >= 15 is 0 Å². The van der Waals surface area contributed by atoms with Crippen LogP contribution < -0.4 is 4.72 Å². The number of benzene rings is 2. The van der Waals surface area contributed by atoms with E-state index in [2.05, 4.69) is 11.3 Å². The SMILES string of the molecule is C=C/C(=C\C)c1ccc(-c2cccc(C)c2[S+]([O-])NC(C)(C)C)cc1F. The molecule has 0 bridgehead atoms. The zero-order valence-corrected chi connectivity index (χ0v) is 16.8. The summed E-state index contributed by atoms with van der Waals surface area (Å²) in [6, 6.07) is 10.8. The van der Waals surface area contributed by atoms with E-state index in [1.54, 1.807) is 12.1 Å². The average molecular weight is 372 g/mol. The van der Waals surface area contributed by atoms with Crippen LogP contribution in [0.3, 0.4) is 0 Å². The van der Waals surface area contributed by atoms with E-state index in [1.807, 2.05) is 65.0 Å². The molecule has 0 aliphatic rings. The minimum absolute atomic E-state index is 0.301. The highest BCUT2D eigenvalue weighted by atomic mass is 32.2. The molecule has 2 nitrogen and oxygen atoms in total. The summed E-state index contributed by atoms with van der Waals surface area (Å²) in [5.74, 6) is -0.322. The van der Waals surface area contributed by atoms with Gasteiger partial charge in [-0.25, -0.2) is 4.39 Å². The van der Waals surface area contributed by atoms with Crippen molar-refractivity contribution in [2.75, 3.05) is 0 Å². The first kappa shape index (κ1) is 20.4. The summed E-state index contributed by atoms with van der Waals surface area (Å²) in [6.07, 6.45) is 3.46. The molecule has 0 fully saturated rings. The lowest BCUT2D eigenvalue weighted by molar-refractivity contribution is 0.491. The molecule has 1 N–H and O–H groups in total. The molecule has 1 unspecified atom stereocenters. The molecule has 2 aromatic rings. The second kappa shape index (κ2) is 8.21. The minimum atomic E-state index is -1.40. The van der Waals surface area contributed by atoms with Crippen molar-refractivity contribution >= 4 is 16.9 Å². The smallest absolute Gasteiger partial charge is 0.184 e. The minimum Gasteiger partial charge on any atom is -0.593 e. The van der Waals surface area contributed by atoms with Gasteiger partial charge in [0.1, 0.15) is 5.82 Å². The third-order valence-electron chi connectivity index (χ3n) is 3.92.